The Morgan fingerprint density at radius 3 is 2.59 bits per heavy atom. The number of aliphatic carboxylic acids is 1. The summed E-state index contributed by atoms with van der Waals surface area (Å²) in [5.41, 5.74) is 3.24. The summed E-state index contributed by atoms with van der Waals surface area (Å²) in [4.78, 5) is 11.2. The molecule has 1 saturated heterocycles. The molecule has 6 heteroatoms. The minimum Gasteiger partial charge on any atom is -0.496 e. The number of hydrogen-bond donors (Lipinski definition) is 2. The van der Waals surface area contributed by atoms with Gasteiger partial charge in [0.25, 0.3) is 0 Å². The Morgan fingerprint density at radius 1 is 1.26 bits per heavy atom. The van der Waals surface area contributed by atoms with E-state index in [9.17, 15) is 4.79 Å². The number of benzene rings is 2. The molecule has 144 valence electrons. The molecule has 2 atom stereocenters. The Labute approximate surface area is 164 Å². The summed E-state index contributed by atoms with van der Waals surface area (Å²) in [6.45, 7) is 4.71. The summed E-state index contributed by atoms with van der Waals surface area (Å²) < 4.78 is 11.4. The smallest absolute Gasteiger partial charge is 0.321 e. The van der Waals surface area contributed by atoms with E-state index in [1.165, 1.54) is 5.56 Å². The van der Waals surface area contributed by atoms with Gasteiger partial charge in [-0.05, 0) is 41.3 Å². The summed E-state index contributed by atoms with van der Waals surface area (Å²) in [6.07, 6.45) is 0. The molecule has 0 bridgehead atoms. The van der Waals surface area contributed by atoms with Crippen LogP contribution in [0.4, 0.5) is 0 Å². The summed E-state index contributed by atoms with van der Waals surface area (Å²) >= 11 is 1.60. The lowest BCUT2D eigenvalue weighted by atomic mass is 10.0. The van der Waals surface area contributed by atoms with Gasteiger partial charge >= 0.3 is 5.97 Å². The Kier molecular flexibility index (Phi) is 6.29. The van der Waals surface area contributed by atoms with Crippen molar-refractivity contribution in [1.82, 2.24) is 5.32 Å². The van der Waals surface area contributed by atoms with Gasteiger partial charge in [-0.25, -0.2) is 0 Å². The van der Waals surface area contributed by atoms with E-state index in [0.29, 0.717) is 18.3 Å². The average Bonchev–Trinajstić information content (AvgIpc) is 3.17. The molecule has 0 spiro atoms. The molecule has 2 aromatic carbocycles. The first-order valence-corrected chi connectivity index (χ1v) is 10.0. The van der Waals surface area contributed by atoms with Crippen molar-refractivity contribution in [3.05, 3.63) is 59.2 Å². The van der Waals surface area contributed by atoms with Crippen LogP contribution >= 0.6 is 11.8 Å². The SMILES string of the molecule is COc1ccc([C@@H]2N[C@H](C(=O)O)CS2)cc1COc1ccc(C(C)C)cc1. The molecule has 2 aromatic rings. The average molecular weight is 388 g/mol. The number of hydrogen-bond acceptors (Lipinski definition) is 5. The van der Waals surface area contributed by atoms with Gasteiger partial charge in [0.05, 0.1) is 12.5 Å². The highest BCUT2D eigenvalue weighted by molar-refractivity contribution is 7.99. The molecule has 1 aliphatic heterocycles. The molecule has 2 N–H and O–H groups in total. The number of carboxylic acid groups (broad SMARTS) is 1. The fourth-order valence-electron chi connectivity index (χ4n) is 2.99. The highest BCUT2D eigenvalue weighted by atomic mass is 32.2. The van der Waals surface area contributed by atoms with Crippen molar-refractivity contribution >= 4 is 17.7 Å². The topological polar surface area (TPSA) is 67.8 Å². The van der Waals surface area contributed by atoms with E-state index in [1.54, 1.807) is 18.9 Å². The van der Waals surface area contributed by atoms with E-state index < -0.39 is 12.0 Å². The number of nitrogens with one attached hydrogen (secondary N) is 1. The maximum Gasteiger partial charge on any atom is 0.321 e. The third-order valence-electron chi connectivity index (χ3n) is 4.63. The lowest BCUT2D eigenvalue weighted by Gasteiger charge is -2.16. The molecule has 1 fully saturated rings. The lowest BCUT2D eigenvalue weighted by molar-refractivity contribution is -0.138. The second-order valence-corrected chi connectivity index (χ2v) is 7.99. The van der Waals surface area contributed by atoms with Gasteiger partial charge in [-0.2, -0.15) is 0 Å². The molecule has 1 heterocycles. The zero-order chi connectivity index (χ0) is 19.4. The first kappa shape index (κ1) is 19.6. The molecule has 1 aliphatic rings. The Hall–Kier alpha value is -2.18. The normalized spacial score (nSPS) is 19.3. The van der Waals surface area contributed by atoms with Crippen molar-refractivity contribution in [3.63, 3.8) is 0 Å². The molecule has 0 aliphatic carbocycles. The van der Waals surface area contributed by atoms with Crippen molar-refractivity contribution in [3.8, 4) is 11.5 Å². The van der Waals surface area contributed by atoms with Gasteiger partial charge in [0.15, 0.2) is 0 Å². The maximum absolute atomic E-state index is 11.2. The van der Waals surface area contributed by atoms with E-state index in [1.807, 2.05) is 30.3 Å². The van der Waals surface area contributed by atoms with Crippen LogP contribution in [-0.2, 0) is 11.4 Å². The Balaban J connectivity index is 1.71. The van der Waals surface area contributed by atoms with Crippen LogP contribution in [-0.4, -0.2) is 30.0 Å². The number of ether oxygens (including phenoxy) is 2. The van der Waals surface area contributed by atoms with Crippen LogP contribution in [0.25, 0.3) is 0 Å². The number of thioether (sulfide) groups is 1. The van der Waals surface area contributed by atoms with Crippen LogP contribution < -0.4 is 14.8 Å². The number of carbonyl (C=O) groups is 1. The minimum atomic E-state index is -0.813. The first-order valence-electron chi connectivity index (χ1n) is 8.98. The zero-order valence-electron chi connectivity index (χ0n) is 15.8. The van der Waals surface area contributed by atoms with Gasteiger partial charge in [-0.1, -0.05) is 32.0 Å². The van der Waals surface area contributed by atoms with Gasteiger partial charge in [-0.3, -0.25) is 10.1 Å². The second-order valence-electron chi connectivity index (χ2n) is 6.85. The minimum absolute atomic E-state index is 0.0407. The molecule has 0 amide bonds. The Bertz CT molecular complexity index is 791. The summed E-state index contributed by atoms with van der Waals surface area (Å²) in [5.74, 6) is 1.80. The van der Waals surface area contributed by atoms with Crippen LogP contribution in [0.3, 0.4) is 0 Å². The molecule has 0 radical (unpaired) electrons. The fraction of sp³-hybridized carbons (Fsp3) is 0.381. The van der Waals surface area contributed by atoms with E-state index in [4.69, 9.17) is 14.6 Å². The number of methoxy groups -OCH3 is 1. The fourth-order valence-corrected chi connectivity index (χ4v) is 4.21. The van der Waals surface area contributed by atoms with Gasteiger partial charge in [0.1, 0.15) is 24.1 Å². The van der Waals surface area contributed by atoms with Crippen molar-refractivity contribution in [2.45, 2.75) is 37.8 Å². The zero-order valence-corrected chi connectivity index (χ0v) is 16.6. The van der Waals surface area contributed by atoms with E-state index in [2.05, 4.69) is 31.3 Å². The van der Waals surface area contributed by atoms with E-state index >= 15 is 0 Å². The molecule has 27 heavy (non-hydrogen) atoms. The summed E-state index contributed by atoms with van der Waals surface area (Å²) in [6, 6.07) is 13.5. The monoisotopic (exact) mass is 387 g/mol. The third-order valence-corrected chi connectivity index (χ3v) is 5.90. The molecule has 0 unspecified atom stereocenters. The predicted octanol–water partition coefficient (Wildman–Crippen LogP) is 4.19. The van der Waals surface area contributed by atoms with Gasteiger partial charge in [-0.15, -0.1) is 11.8 Å². The number of carboxylic acids is 1. The quantitative estimate of drug-likeness (QED) is 0.743. The van der Waals surface area contributed by atoms with Crippen molar-refractivity contribution < 1.29 is 19.4 Å². The first-order chi connectivity index (χ1) is 13.0. The van der Waals surface area contributed by atoms with Crippen LogP contribution in [0.5, 0.6) is 11.5 Å². The molecule has 0 aromatic heterocycles. The van der Waals surface area contributed by atoms with Gasteiger partial charge in [0, 0.05) is 11.3 Å². The summed E-state index contributed by atoms with van der Waals surface area (Å²) in [7, 11) is 1.64. The maximum atomic E-state index is 11.2. The van der Waals surface area contributed by atoms with Crippen molar-refractivity contribution in [1.29, 1.82) is 0 Å². The lowest BCUT2D eigenvalue weighted by Crippen LogP contribution is -2.33. The molecule has 0 saturated carbocycles. The van der Waals surface area contributed by atoms with E-state index in [-0.39, 0.29) is 5.37 Å². The number of rotatable bonds is 7. The Morgan fingerprint density at radius 2 is 2.00 bits per heavy atom. The third kappa shape index (κ3) is 4.76. The van der Waals surface area contributed by atoms with Gasteiger partial charge in [0.2, 0.25) is 0 Å². The summed E-state index contributed by atoms with van der Waals surface area (Å²) in [5, 5.41) is 12.3. The van der Waals surface area contributed by atoms with Crippen LogP contribution in [0.15, 0.2) is 42.5 Å². The van der Waals surface area contributed by atoms with Crippen LogP contribution in [0.2, 0.25) is 0 Å². The largest absolute Gasteiger partial charge is 0.496 e. The molecule has 3 rings (SSSR count). The molecular weight excluding hydrogens is 362 g/mol. The van der Waals surface area contributed by atoms with E-state index in [0.717, 1.165) is 22.6 Å². The molecule has 5 nitrogen and oxygen atoms in total. The van der Waals surface area contributed by atoms with Crippen molar-refractivity contribution in [2.24, 2.45) is 0 Å². The van der Waals surface area contributed by atoms with Crippen molar-refractivity contribution in [2.75, 3.05) is 12.9 Å². The standard InChI is InChI=1S/C21H25NO4S/c1-13(2)14-4-7-17(8-5-14)26-11-16-10-15(6-9-19(16)25-3)20-22-18(12-27-20)21(23)24/h4-10,13,18,20,22H,11-12H2,1-3H3,(H,23,24)/t18-,20+/m0/s1. The highest BCUT2D eigenvalue weighted by Gasteiger charge is 2.30. The van der Waals surface area contributed by atoms with Crippen LogP contribution in [0.1, 0.15) is 41.8 Å². The second kappa shape index (κ2) is 8.67. The predicted molar refractivity (Wildman–Crippen MR) is 108 cm³/mol. The highest BCUT2D eigenvalue weighted by Crippen LogP contribution is 2.35. The van der Waals surface area contributed by atoms with Crippen LogP contribution in [0, 0.1) is 0 Å². The molecular formula is C21H25NO4S. The van der Waals surface area contributed by atoms with Gasteiger partial charge < -0.3 is 14.6 Å².